The van der Waals surface area contributed by atoms with Crippen LogP contribution in [0.4, 0.5) is 0 Å². The summed E-state index contributed by atoms with van der Waals surface area (Å²) in [6.07, 6.45) is 18.5. The second-order valence-corrected chi connectivity index (χ2v) is 11.2. The molecule has 0 aromatic rings. The van der Waals surface area contributed by atoms with Gasteiger partial charge in [0.25, 0.3) is 5.91 Å². The van der Waals surface area contributed by atoms with Crippen LogP contribution in [0.1, 0.15) is 117 Å². The normalized spacial score (nSPS) is 11.7. The third-order valence-corrected chi connectivity index (χ3v) is 7.12. The van der Waals surface area contributed by atoms with E-state index in [2.05, 4.69) is 22.9 Å². The monoisotopic (exact) mass is 645 g/mol. The van der Waals surface area contributed by atoms with Gasteiger partial charge < -0.3 is 40.0 Å². The first-order chi connectivity index (χ1) is 21.9. The van der Waals surface area contributed by atoms with Crippen LogP contribution in [0.2, 0.25) is 0 Å². The highest BCUT2D eigenvalue weighted by Crippen LogP contribution is 2.13. The van der Waals surface area contributed by atoms with Crippen LogP contribution in [0.5, 0.6) is 0 Å². The van der Waals surface area contributed by atoms with Gasteiger partial charge in [0.15, 0.2) is 0 Å². The van der Waals surface area contributed by atoms with Crippen LogP contribution in [0, 0.1) is 0 Å². The number of aliphatic carboxylic acids is 1. The molecule has 0 aliphatic carbocycles. The fourth-order valence-corrected chi connectivity index (χ4v) is 4.54. The Morgan fingerprint density at radius 3 is 1.53 bits per heavy atom. The van der Waals surface area contributed by atoms with Crippen molar-refractivity contribution in [2.45, 2.75) is 123 Å². The zero-order chi connectivity index (χ0) is 33.2. The smallest absolute Gasteiger partial charge is 0.336 e. The van der Waals surface area contributed by atoms with Gasteiger partial charge in [0, 0.05) is 26.1 Å². The molecular weight excluding hydrogens is 582 g/mol. The molecule has 0 aromatic carbocycles. The Hall–Kier alpha value is -2.28. The van der Waals surface area contributed by atoms with Gasteiger partial charge >= 0.3 is 5.97 Å². The molecule has 264 valence electrons. The minimum atomic E-state index is -1.65. The zero-order valence-electron chi connectivity index (χ0n) is 28.2. The summed E-state index contributed by atoms with van der Waals surface area (Å²) in [5.74, 6) is -2.93. The van der Waals surface area contributed by atoms with Crippen LogP contribution in [-0.2, 0) is 38.1 Å². The van der Waals surface area contributed by atoms with Crippen molar-refractivity contribution in [3.05, 3.63) is 0 Å². The highest BCUT2D eigenvalue weighted by molar-refractivity contribution is 6.04. The lowest BCUT2D eigenvalue weighted by molar-refractivity contribution is -0.146. The van der Waals surface area contributed by atoms with Crippen molar-refractivity contribution in [2.24, 2.45) is 0 Å². The van der Waals surface area contributed by atoms with Crippen molar-refractivity contribution in [3.63, 3.8) is 0 Å². The number of unbranched alkanes of at least 4 members (excludes halogenated alkanes) is 14. The molecule has 3 amide bonds. The molecule has 0 spiro atoms. The van der Waals surface area contributed by atoms with Gasteiger partial charge in [-0.05, 0) is 13.3 Å². The summed E-state index contributed by atoms with van der Waals surface area (Å²) in [4.78, 5) is 47.7. The van der Waals surface area contributed by atoms with Crippen molar-refractivity contribution >= 4 is 23.7 Å². The molecule has 0 fully saturated rings. The maximum atomic E-state index is 12.3. The van der Waals surface area contributed by atoms with Crippen LogP contribution < -0.4 is 16.0 Å². The molecule has 45 heavy (non-hydrogen) atoms. The van der Waals surface area contributed by atoms with Crippen LogP contribution in [0.25, 0.3) is 0 Å². The summed E-state index contributed by atoms with van der Waals surface area (Å²) >= 11 is 0. The molecule has 0 aliphatic heterocycles. The van der Waals surface area contributed by atoms with Gasteiger partial charge in [0.05, 0.1) is 39.6 Å². The van der Waals surface area contributed by atoms with E-state index in [4.69, 9.17) is 18.9 Å². The maximum absolute atomic E-state index is 12.3. The van der Waals surface area contributed by atoms with E-state index < -0.39 is 23.8 Å². The lowest BCUT2D eigenvalue weighted by Gasteiger charge is -2.15. The number of rotatable bonds is 34. The first-order valence-electron chi connectivity index (χ1n) is 17.3. The van der Waals surface area contributed by atoms with Gasteiger partial charge in [0.1, 0.15) is 6.61 Å². The Bertz CT molecular complexity index is 740. The van der Waals surface area contributed by atoms with E-state index in [9.17, 15) is 24.3 Å². The molecule has 0 aliphatic rings. The molecule has 12 heteroatoms. The molecular formula is C33H63N3O9. The fraction of sp³-hybridized carbons (Fsp3) is 0.879. The van der Waals surface area contributed by atoms with E-state index in [0.29, 0.717) is 39.4 Å². The SMILES string of the molecule is CCCCCCCCCCCCCCCCCC(=O)NC(C(=O)O)C(=O)NCCOCCOCC(=O)NCCOCCOCC. The summed E-state index contributed by atoms with van der Waals surface area (Å²) in [5.41, 5.74) is 0. The van der Waals surface area contributed by atoms with Gasteiger partial charge in [-0.25, -0.2) is 4.79 Å². The van der Waals surface area contributed by atoms with Gasteiger partial charge in [-0.3, -0.25) is 14.4 Å². The first kappa shape index (κ1) is 42.7. The summed E-state index contributed by atoms with van der Waals surface area (Å²) in [7, 11) is 0. The quantitative estimate of drug-likeness (QED) is 0.0596. The van der Waals surface area contributed by atoms with Crippen molar-refractivity contribution in [1.82, 2.24) is 16.0 Å². The van der Waals surface area contributed by atoms with Crippen molar-refractivity contribution < 1.29 is 43.2 Å². The van der Waals surface area contributed by atoms with E-state index in [-0.39, 0.29) is 45.3 Å². The van der Waals surface area contributed by atoms with Crippen LogP contribution in [0.3, 0.4) is 0 Å². The molecule has 0 rings (SSSR count). The molecule has 12 nitrogen and oxygen atoms in total. The van der Waals surface area contributed by atoms with E-state index in [1.54, 1.807) is 0 Å². The van der Waals surface area contributed by atoms with Crippen LogP contribution in [-0.4, -0.2) is 101 Å². The van der Waals surface area contributed by atoms with Gasteiger partial charge in [-0.15, -0.1) is 0 Å². The number of carboxylic acids is 1. The molecule has 0 saturated carbocycles. The van der Waals surface area contributed by atoms with Crippen LogP contribution in [0.15, 0.2) is 0 Å². The Kier molecular flexibility index (Phi) is 31.4. The second kappa shape index (κ2) is 33.1. The van der Waals surface area contributed by atoms with E-state index in [1.165, 1.54) is 70.6 Å². The topological polar surface area (TPSA) is 162 Å². The van der Waals surface area contributed by atoms with Crippen molar-refractivity contribution in [1.29, 1.82) is 0 Å². The van der Waals surface area contributed by atoms with Crippen molar-refractivity contribution in [3.8, 4) is 0 Å². The Labute approximate surface area is 271 Å². The summed E-state index contributed by atoms with van der Waals surface area (Å²) < 4.78 is 21.0. The number of carbonyl (C=O) groups is 4. The molecule has 0 bridgehead atoms. The minimum absolute atomic E-state index is 0.0707. The number of hydrogen-bond acceptors (Lipinski definition) is 8. The number of carboxylic acid groups (broad SMARTS) is 1. The Morgan fingerprint density at radius 2 is 1.02 bits per heavy atom. The van der Waals surface area contributed by atoms with Gasteiger partial charge in [0.2, 0.25) is 17.9 Å². The van der Waals surface area contributed by atoms with Gasteiger partial charge in [-0.1, -0.05) is 96.8 Å². The zero-order valence-corrected chi connectivity index (χ0v) is 28.2. The molecule has 1 atom stereocenters. The predicted molar refractivity (Wildman–Crippen MR) is 174 cm³/mol. The van der Waals surface area contributed by atoms with E-state index in [0.717, 1.165) is 19.3 Å². The third kappa shape index (κ3) is 30.2. The second-order valence-electron chi connectivity index (χ2n) is 11.2. The lowest BCUT2D eigenvalue weighted by Crippen LogP contribution is -2.51. The average molecular weight is 646 g/mol. The minimum Gasteiger partial charge on any atom is -0.479 e. The van der Waals surface area contributed by atoms with Gasteiger partial charge in [-0.2, -0.15) is 0 Å². The summed E-state index contributed by atoms with van der Waals surface area (Å²) in [6.45, 7) is 7.02. The first-order valence-corrected chi connectivity index (χ1v) is 17.3. The Morgan fingerprint density at radius 1 is 0.556 bits per heavy atom. The highest BCUT2D eigenvalue weighted by atomic mass is 16.5. The maximum Gasteiger partial charge on any atom is 0.336 e. The lowest BCUT2D eigenvalue weighted by atomic mass is 10.0. The number of nitrogens with one attached hydrogen (secondary N) is 3. The predicted octanol–water partition coefficient (Wildman–Crippen LogP) is 4.14. The summed E-state index contributed by atoms with van der Waals surface area (Å²) in [6, 6.07) is -1.65. The average Bonchev–Trinajstić information content (AvgIpc) is 3.02. The number of amides is 3. The molecule has 0 saturated heterocycles. The molecule has 0 radical (unpaired) electrons. The largest absolute Gasteiger partial charge is 0.479 e. The number of ether oxygens (including phenoxy) is 4. The third-order valence-electron chi connectivity index (χ3n) is 7.12. The molecule has 4 N–H and O–H groups in total. The number of hydrogen-bond donors (Lipinski definition) is 4. The summed E-state index contributed by atoms with van der Waals surface area (Å²) in [5, 5.41) is 16.8. The molecule has 0 heterocycles. The standard InChI is InChI=1S/C33H63N3O9/c1-3-5-6-7-8-9-10-11-12-13-14-15-16-17-18-19-29(37)36-31(33(40)41)32(39)35-21-23-44-26-27-45-28-30(38)34-20-22-43-25-24-42-4-2/h31H,3-28H2,1-2H3,(H,34,38)(H,35,39)(H,36,37)(H,40,41). The van der Waals surface area contributed by atoms with E-state index >= 15 is 0 Å². The van der Waals surface area contributed by atoms with Crippen molar-refractivity contribution in [2.75, 3.05) is 65.9 Å². The van der Waals surface area contributed by atoms with Crippen LogP contribution >= 0.6 is 0 Å². The van der Waals surface area contributed by atoms with E-state index in [1.807, 2.05) is 6.92 Å². The Balaban J connectivity index is 3.71. The highest BCUT2D eigenvalue weighted by Gasteiger charge is 2.27. The number of carbonyl (C=O) groups excluding carboxylic acids is 3. The fourth-order valence-electron chi connectivity index (χ4n) is 4.54. The molecule has 1 unspecified atom stereocenters. The molecule has 0 aromatic heterocycles.